The Morgan fingerprint density at radius 1 is 1.58 bits per heavy atom. The van der Waals surface area contributed by atoms with Crippen molar-refractivity contribution in [3.63, 3.8) is 0 Å². The summed E-state index contributed by atoms with van der Waals surface area (Å²) in [5.41, 5.74) is 1.13. The number of halogens is 1. The van der Waals surface area contributed by atoms with Gasteiger partial charge >= 0.3 is 0 Å². The lowest BCUT2D eigenvalue weighted by molar-refractivity contribution is -0.134. The van der Waals surface area contributed by atoms with Crippen LogP contribution in [0.5, 0.6) is 5.75 Å². The summed E-state index contributed by atoms with van der Waals surface area (Å²) in [7, 11) is 0. The van der Waals surface area contributed by atoms with E-state index in [1.807, 2.05) is 25.1 Å². The molecule has 0 unspecified atom stereocenters. The lowest BCUT2D eigenvalue weighted by Gasteiger charge is -2.23. The van der Waals surface area contributed by atoms with E-state index < -0.39 is 0 Å². The number of hydrogen-bond acceptors (Lipinski definition) is 3. The van der Waals surface area contributed by atoms with Crippen molar-refractivity contribution < 1.29 is 14.6 Å². The van der Waals surface area contributed by atoms with Gasteiger partial charge in [0.05, 0.1) is 17.1 Å². The molecule has 0 spiro atoms. The van der Waals surface area contributed by atoms with Gasteiger partial charge in [0.1, 0.15) is 5.75 Å². The molecule has 1 aliphatic heterocycles. The second kappa shape index (κ2) is 6.39. The van der Waals surface area contributed by atoms with E-state index in [1.54, 1.807) is 4.90 Å². The maximum atomic E-state index is 12.0. The van der Waals surface area contributed by atoms with Gasteiger partial charge in [0, 0.05) is 6.54 Å². The first-order valence-electron chi connectivity index (χ1n) is 6.41. The van der Waals surface area contributed by atoms with Crippen molar-refractivity contribution >= 4 is 21.8 Å². The van der Waals surface area contributed by atoms with E-state index >= 15 is 0 Å². The number of aliphatic hydroxyl groups is 1. The molecule has 0 saturated carbocycles. The molecule has 1 atom stereocenters. The molecule has 1 N–H and O–H groups in total. The Hall–Kier alpha value is -1.07. The lowest BCUT2D eigenvalue weighted by Crippen LogP contribution is -2.40. The summed E-state index contributed by atoms with van der Waals surface area (Å²) < 4.78 is 6.39. The highest BCUT2D eigenvalue weighted by Gasteiger charge is 2.28. The molecule has 0 aliphatic carbocycles. The number of carbonyl (C=O) groups excluding carboxylic acids is 1. The van der Waals surface area contributed by atoms with Gasteiger partial charge in [-0.05, 0) is 53.4 Å². The van der Waals surface area contributed by atoms with Gasteiger partial charge in [-0.2, -0.15) is 0 Å². The molecule has 19 heavy (non-hydrogen) atoms. The average Bonchev–Trinajstić information content (AvgIpc) is 2.85. The van der Waals surface area contributed by atoms with Gasteiger partial charge in [-0.25, -0.2) is 0 Å². The van der Waals surface area contributed by atoms with Crippen molar-refractivity contribution in [3.8, 4) is 5.75 Å². The third-order valence-corrected chi connectivity index (χ3v) is 3.97. The molecule has 4 nitrogen and oxygen atoms in total. The zero-order valence-corrected chi connectivity index (χ0v) is 12.5. The molecule has 1 heterocycles. The predicted octanol–water partition coefficient (Wildman–Crippen LogP) is 2.12. The van der Waals surface area contributed by atoms with Crippen LogP contribution in [0.3, 0.4) is 0 Å². The number of nitrogens with zero attached hydrogens (tertiary/aromatic N) is 1. The maximum absolute atomic E-state index is 12.0. The highest BCUT2D eigenvalue weighted by Crippen LogP contribution is 2.26. The fourth-order valence-corrected chi connectivity index (χ4v) is 2.91. The Bertz CT molecular complexity index is 464. The largest absolute Gasteiger partial charge is 0.483 e. The summed E-state index contributed by atoms with van der Waals surface area (Å²) >= 11 is 3.42. The first-order chi connectivity index (χ1) is 9.11. The van der Waals surface area contributed by atoms with Gasteiger partial charge in [-0.1, -0.05) is 6.07 Å². The number of rotatable bonds is 4. The predicted molar refractivity (Wildman–Crippen MR) is 76.2 cm³/mol. The summed E-state index contributed by atoms with van der Waals surface area (Å²) in [6.07, 6.45) is 1.82. The summed E-state index contributed by atoms with van der Waals surface area (Å²) in [6.45, 7) is 2.75. The quantitative estimate of drug-likeness (QED) is 0.921. The van der Waals surface area contributed by atoms with Crippen LogP contribution in [0.2, 0.25) is 0 Å². The van der Waals surface area contributed by atoms with Crippen LogP contribution in [0.4, 0.5) is 0 Å². The van der Waals surface area contributed by atoms with Crippen LogP contribution < -0.4 is 4.74 Å². The number of aryl methyl sites for hydroxylation is 1. The van der Waals surface area contributed by atoms with Crippen LogP contribution in [0, 0.1) is 6.92 Å². The topological polar surface area (TPSA) is 49.8 Å². The Kier molecular flexibility index (Phi) is 4.82. The van der Waals surface area contributed by atoms with Crippen molar-refractivity contribution in [2.24, 2.45) is 0 Å². The van der Waals surface area contributed by atoms with E-state index in [4.69, 9.17) is 4.74 Å². The van der Waals surface area contributed by atoms with E-state index in [0.717, 1.165) is 22.9 Å². The van der Waals surface area contributed by atoms with Crippen molar-refractivity contribution in [1.82, 2.24) is 4.90 Å². The minimum atomic E-state index is -0.0657. The molecule has 0 bridgehead atoms. The Morgan fingerprint density at radius 2 is 2.37 bits per heavy atom. The highest BCUT2D eigenvalue weighted by molar-refractivity contribution is 9.10. The number of amides is 1. The molecule has 1 aromatic carbocycles. The van der Waals surface area contributed by atoms with E-state index in [9.17, 15) is 9.90 Å². The molecule has 0 aromatic heterocycles. The SMILES string of the molecule is Cc1ccc(OCC(=O)N2CCC[C@@H]2CO)c(Br)c1. The number of hydrogen-bond donors (Lipinski definition) is 1. The van der Waals surface area contributed by atoms with Gasteiger partial charge in [0.25, 0.3) is 5.91 Å². The molecular weight excluding hydrogens is 310 g/mol. The van der Waals surface area contributed by atoms with Gasteiger partial charge in [-0.3, -0.25) is 4.79 Å². The van der Waals surface area contributed by atoms with Crippen molar-refractivity contribution in [3.05, 3.63) is 28.2 Å². The van der Waals surface area contributed by atoms with Crippen LogP contribution in [0.15, 0.2) is 22.7 Å². The number of aliphatic hydroxyl groups excluding tert-OH is 1. The van der Waals surface area contributed by atoms with Crippen LogP contribution in [0.25, 0.3) is 0 Å². The third kappa shape index (κ3) is 3.48. The smallest absolute Gasteiger partial charge is 0.260 e. The number of benzene rings is 1. The number of carbonyl (C=O) groups is 1. The summed E-state index contributed by atoms with van der Waals surface area (Å²) in [6, 6.07) is 5.70. The molecule has 1 fully saturated rings. The molecular formula is C14H18BrNO3. The zero-order chi connectivity index (χ0) is 13.8. The Morgan fingerprint density at radius 3 is 3.05 bits per heavy atom. The monoisotopic (exact) mass is 327 g/mol. The maximum Gasteiger partial charge on any atom is 0.260 e. The minimum Gasteiger partial charge on any atom is -0.483 e. The number of likely N-dealkylation sites (tertiary alicyclic amines) is 1. The van der Waals surface area contributed by atoms with E-state index in [1.165, 1.54) is 0 Å². The summed E-state index contributed by atoms with van der Waals surface area (Å²) in [4.78, 5) is 13.8. The van der Waals surface area contributed by atoms with Crippen LogP contribution in [-0.2, 0) is 4.79 Å². The van der Waals surface area contributed by atoms with E-state index in [2.05, 4.69) is 15.9 Å². The fourth-order valence-electron chi connectivity index (χ4n) is 2.30. The lowest BCUT2D eigenvalue weighted by atomic mass is 10.2. The molecule has 5 heteroatoms. The molecule has 1 saturated heterocycles. The van der Waals surface area contributed by atoms with Gasteiger partial charge in [-0.15, -0.1) is 0 Å². The Labute approximate surface area is 121 Å². The minimum absolute atomic E-state index is 0.0121. The van der Waals surface area contributed by atoms with Crippen molar-refractivity contribution in [1.29, 1.82) is 0 Å². The molecule has 104 valence electrons. The molecule has 1 aliphatic rings. The standard InChI is InChI=1S/C14H18BrNO3/c1-10-4-5-13(12(15)7-10)19-9-14(18)16-6-2-3-11(16)8-17/h4-5,7,11,17H,2-3,6,8-9H2,1H3/t11-/m1/s1. The summed E-state index contributed by atoms with van der Waals surface area (Å²) in [5.74, 6) is 0.600. The molecule has 1 aromatic rings. The second-order valence-electron chi connectivity index (χ2n) is 4.79. The third-order valence-electron chi connectivity index (χ3n) is 3.35. The first kappa shape index (κ1) is 14.3. The average molecular weight is 328 g/mol. The zero-order valence-electron chi connectivity index (χ0n) is 10.9. The highest BCUT2D eigenvalue weighted by atomic mass is 79.9. The Balaban J connectivity index is 1.93. The van der Waals surface area contributed by atoms with Gasteiger partial charge in [0.2, 0.25) is 0 Å². The fraction of sp³-hybridized carbons (Fsp3) is 0.500. The summed E-state index contributed by atoms with van der Waals surface area (Å²) in [5, 5.41) is 9.20. The molecule has 1 amide bonds. The van der Waals surface area contributed by atoms with Gasteiger partial charge in [0.15, 0.2) is 6.61 Å². The van der Waals surface area contributed by atoms with Crippen molar-refractivity contribution in [2.45, 2.75) is 25.8 Å². The van der Waals surface area contributed by atoms with Crippen LogP contribution >= 0.6 is 15.9 Å². The second-order valence-corrected chi connectivity index (χ2v) is 5.64. The first-order valence-corrected chi connectivity index (χ1v) is 7.20. The van der Waals surface area contributed by atoms with Crippen LogP contribution in [-0.4, -0.2) is 41.7 Å². The molecule has 2 rings (SSSR count). The van der Waals surface area contributed by atoms with E-state index in [0.29, 0.717) is 12.3 Å². The van der Waals surface area contributed by atoms with Gasteiger partial charge < -0.3 is 14.7 Å². The van der Waals surface area contributed by atoms with Crippen molar-refractivity contribution in [2.75, 3.05) is 19.8 Å². The van der Waals surface area contributed by atoms with Crippen LogP contribution in [0.1, 0.15) is 18.4 Å². The normalized spacial score (nSPS) is 18.7. The molecule has 0 radical (unpaired) electrons. The number of ether oxygens (including phenoxy) is 1. The van der Waals surface area contributed by atoms with E-state index in [-0.39, 0.29) is 25.2 Å².